The van der Waals surface area contributed by atoms with Gasteiger partial charge in [-0.2, -0.15) is 0 Å². The molecule has 1 amide bonds. The van der Waals surface area contributed by atoms with Crippen molar-refractivity contribution in [2.45, 2.75) is 257 Å². The van der Waals surface area contributed by atoms with E-state index in [0.717, 1.165) is 116 Å². The number of amides is 1. The van der Waals surface area contributed by atoms with Crippen LogP contribution in [0.1, 0.15) is 252 Å². The van der Waals surface area contributed by atoms with Gasteiger partial charge in [-0.1, -0.05) is 190 Å². The molecule has 0 aliphatic heterocycles. The first kappa shape index (κ1) is 68.3. The maximum absolute atomic E-state index is 13.5. The van der Waals surface area contributed by atoms with Crippen LogP contribution in [0.3, 0.4) is 0 Å². The van der Waals surface area contributed by atoms with Crippen LogP contribution in [0, 0.1) is 0 Å². The average Bonchev–Trinajstić information content (AvgIpc) is 3.35. The van der Waals surface area contributed by atoms with Crippen LogP contribution in [0.25, 0.3) is 0 Å². The van der Waals surface area contributed by atoms with Crippen LogP contribution < -0.4 is 5.32 Å². The van der Waals surface area contributed by atoms with Gasteiger partial charge in [0.25, 0.3) is 5.91 Å². The SMILES string of the molecule is CCCCC/C=C\C/C=C\CCCCCCCC(=O)OCC(COC(=O)CCCCCCC/C=C\C/C=C\CCCCC)(COC(=O)CCCCCCC/C=C\C/C=C\CCCCC)NC(=O)C[N+](C)(C)C. The smallest absolute Gasteiger partial charge is 0.305 e. The third kappa shape index (κ3) is 49.8. The third-order valence-corrected chi connectivity index (χ3v) is 12.5. The molecule has 0 saturated heterocycles. The Labute approximate surface area is 443 Å². The van der Waals surface area contributed by atoms with Crippen molar-refractivity contribution in [1.29, 1.82) is 0 Å². The Hall–Kier alpha value is -3.72. The van der Waals surface area contributed by atoms with Crippen LogP contribution in [0.4, 0.5) is 0 Å². The average molecular weight is 1010 g/mol. The zero-order valence-electron chi connectivity index (χ0n) is 47.5. The Bertz CT molecular complexity index is 1340. The van der Waals surface area contributed by atoms with Crippen molar-refractivity contribution in [3.05, 3.63) is 72.9 Å². The fourth-order valence-electron chi connectivity index (χ4n) is 8.11. The molecule has 0 fully saturated rings. The van der Waals surface area contributed by atoms with Crippen molar-refractivity contribution in [1.82, 2.24) is 5.32 Å². The molecule has 72 heavy (non-hydrogen) atoms. The van der Waals surface area contributed by atoms with Gasteiger partial charge in [0, 0.05) is 19.3 Å². The summed E-state index contributed by atoms with van der Waals surface area (Å²) < 4.78 is 17.8. The van der Waals surface area contributed by atoms with Gasteiger partial charge in [0.2, 0.25) is 0 Å². The molecule has 0 unspecified atom stereocenters. The fraction of sp³-hybridized carbons (Fsp3) is 0.746. The van der Waals surface area contributed by atoms with E-state index in [1.807, 2.05) is 21.1 Å². The minimum Gasteiger partial charge on any atom is -0.463 e. The van der Waals surface area contributed by atoms with Gasteiger partial charge >= 0.3 is 17.9 Å². The van der Waals surface area contributed by atoms with Crippen molar-refractivity contribution in [2.75, 3.05) is 47.5 Å². The molecule has 0 radical (unpaired) electrons. The van der Waals surface area contributed by atoms with E-state index >= 15 is 0 Å². The lowest BCUT2D eigenvalue weighted by molar-refractivity contribution is -0.862. The fourth-order valence-corrected chi connectivity index (χ4v) is 8.11. The molecule has 0 bridgehead atoms. The molecule has 0 aromatic rings. The summed E-state index contributed by atoms with van der Waals surface area (Å²) in [6.45, 7) is 6.00. The van der Waals surface area contributed by atoms with Crippen molar-refractivity contribution < 1.29 is 37.9 Å². The predicted octanol–water partition coefficient (Wildman–Crippen LogP) is 16.6. The standard InChI is InChI=1S/C63H110N2O7/c1-7-10-13-16-19-22-25-28-31-34-37-40-43-46-49-52-60(67)70-56-63(64-59(66)55-65(4,5)6,57-71-61(68)53-50-47-44-41-38-35-32-29-26-23-20-17-14-11-8-2)58-72-62(69)54-51-48-45-42-39-36-33-30-27-24-21-18-15-12-9-3/h19-24,28-33H,7-18,25-27,34-58H2,1-6H3/p+1/b22-19-,23-20-,24-21-,31-28-,32-29-,33-30-. The molecule has 414 valence electrons. The summed E-state index contributed by atoms with van der Waals surface area (Å²) in [6, 6.07) is 0. The van der Waals surface area contributed by atoms with Crippen LogP contribution in [0.5, 0.6) is 0 Å². The Morgan fingerprint density at radius 1 is 0.361 bits per heavy atom. The molecule has 0 atom stereocenters. The van der Waals surface area contributed by atoms with Crippen LogP contribution in [-0.2, 0) is 33.4 Å². The second kappa shape index (κ2) is 50.8. The number of allylic oxidation sites excluding steroid dienone is 12. The Morgan fingerprint density at radius 2 is 0.611 bits per heavy atom. The summed E-state index contributed by atoms with van der Waals surface area (Å²) in [7, 11) is 5.72. The van der Waals surface area contributed by atoms with Crippen molar-refractivity contribution in [3.8, 4) is 0 Å². The lowest BCUT2D eigenvalue weighted by atomic mass is 10.0. The predicted molar refractivity (Wildman–Crippen MR) is 305 cm³/mol. The van der Waals surface area contributed by atoms with E-state index in [1.165, 1.54) is 77.0 Å². The number of rotatable bonds is 51. The molecule has 0 heterocycles. The van der Waals surface area contributed by atoms with E-state index < -0.39 is 5.54 Å². The van der Waals surface area contributed by atoms with Crippen LogP contribution in [0.2, 0.25) is 0 Å². The van der Waals surface area contributed by atoms with E-state index in [1.54, 1.807) is 0 Å². The highest BCUT2D eigenvalue weighted by Crippen LogP contribution is 2.17. The van der Waals surface area contributed by atoms with Gasteiger partial charge in [-0.15, -0.1) is 0 Å². The largest absolute Gasteiger partial charge is 0.463 e. The third-order valence-electron chi connectivity index (χ3n) is 12.5. The monoisotopic (exact) mass is 1010 g/mol. The molecule has 0 spiro atoms. The van der Waals surface area contributed by atoms with Crippen molar-refractivity contribution >= 4 is 23.8 Å². The van der Waals surface area contributed by atoms with Gasteiger partial charge in [0.15, 0.2) is 6.54 Å². The lowest BCUT2D eigenvalue weighted by Gasteiger charge is -2.34. The second-order valence-electron chi connectivity index (χ2n) is 21.2. The molecule has 9 nitrogen and oxygen atoms in total. The Morgan fingerprint density at radius 3 is 0.875 bits per heavy atom. The minimum atomic E-state index is -1.43. The summed E-state index contributed by atoms with van der Waals surface area (Å²) in [5, 5.41) is 3.01. The van der Waals surface area contributed by atoms with Crippen LogP contribution >= 0.6 is 0 Å². The summed E-state index contributed by atoms with van der Waals surface area (Å²) in [6.07, 6.45) is 63.7. The molecule has 0 aromatic heterocycles. The van der Waals surface area contributed by atoms with Gasteiger partial charge in [-0.3, -0.25) is 19.2 Å². The number of quaternary nitrogens is 1. The van der Waals surface area contributed by atoms with Crippen molar-refractivity contribution in [2.24, 2.45) is 0 Å². The number of hydrogen-bond acceptors (Lipinski definition) is 7. The van der Waals surface area contributed by atoms with Gasteiger partial charge in [-0.25, -0.2) is 0 Å². The number of nitrogens with one attached hydrogen (secondary N) is 1. The van der Waals surface area contributed by atoms with E-state index in [-0.39, 0.29) is 69.4 Å². The zero-order chi connectivity index (χ0) is 52.9. The van der Waals surface area contributed by atoms with Gasteiger partial charge in [-0.05, 0) is 116 Å². The summed E-state index contributed by atoms with van der Waals surface area (Å²) in [5.41, 5.74) is -1.43. The van der Waals surface area contributed by atoms with E-state index in [4.69, 9.17) is 14.2 Å². The maximum atomic E-state index is 13.5. The molecule has 0 aliphatic rings. The highest BCUT2D eigenvalue weighted by atomic mass is 16.6. The van der Waals surface area contributed by atoms with E-state index in [9.17, 15) is 19.2 Å². The number of nitrogens with zero attached hydrogens (tertiary/aromatic N) is 1. The Kier molecular flexibility index (Phi) is 48.2. The van der Waals surface area contributed by atoms with Gasteiger partial charge < -0.3 is 24.0 Å². The molecule has 1 N–H and O–H groups in total. The minimum absolute atomic E-state index is 0.126. The first-order valence-electron chi connectivity index (χ1n) is 29.4. The van der Waals surface area contributed by atoms with Crippen molar-refractivity contribution in [3.63, 3.8) is 0 Å². The highest BCUT2D eigenvalue weighted by Gasteiger charge is 2.38. The summed E-state index contributed by atoms with van der Waals surface area (Å²) >= 11 is 0. The van der Waals surface area contributed by atoms with Crippen LogP contribution in [0.15, 0.2) is 72.9 Å². The Balaban J connectivity index is 5.27. The van der Waals surface area contributed by atoms with Gasteiger partial charge in [0.1, 0.15) is 25.4 Å². The number of carbonyl (C=O) groups excluding carboxylic acids is 4. The van der Waals surface area contributed by atoms with Gasteiger partial charge in [0.05, 0.1) is 21.1 Å². The topological polar surface area (TPSA) is 108 Å². The molecular formula is C63H111N2O7+. The van der Waals surface area contributed by atoms with Crippen LogP contribution in [-0.4, -0.2) is 81.3 Å². The number of unbranched alkanes of at least 4 members (excludes halogenated alkanes) is 24. The molecule has 0 saturated carbocycles. The van der Waals surface area contributed by atoms with E-state index in [2.05, 4.69) is 99.0 Å². The maximum Gasteiger partial charge on any atom is 0.305 e. The number of esters is 3. The number of carbonyl (C=O) groups is 4. The number of ether oxygens (including phenoxy) is 3. The van der Waals surface area contributed by atoms with E-state index in [0.29, 0.717) is 23.7 Å². The highest BCUT2D eigenvalue weighted by molar-refractivity contribution is 5.78. The molecule has 0 aliphatic carbocycles. The molecule has 9 heteroatoms. The molecule has 0 rings (SSSR count). The lowest BCUT2D eigenvalue weighted by Crippen LogP contribution is -2.61. The normalized spacial score (nSPS) is 12.5. The molecule has 0 aromatic carbocycles. The first-order valence-corrected chi connectivity index (χ1v) is 29.4. The number of likely N-dealkylation sites (N-methyl/N-ethyl adjacent to an activating group) is 1. The first-order chi connectivity index (χ1) is 35.0. The zero-order valence-corrected chi connectivity index (χ0v) is 47.5. The quantitative estimate of drug-likeness (QED) is 0.0213. The molecular weight excluding hydrogens is 897 g/mol. The summed E-state index contributed by atoms with van der Waals surface area (Å²) in [5.74, 6) is -1.49. The summed E-state index contributed by atoms with van der Waals surface area (Å²) in [4.78, 5) is 53.0. The second-order valence-corrected chi connectivity index (χ2v) is 21.2. The number of hydrogen-bond donors (Lipinski definition) is 1.